The monoisotopic (exact) mass is 484 g/mol. The number of nitrogens with one attached hydrogen (secondary N) is 1. The van der Waals surface area contributed by atoms with E-state index < -0.39 is 0 Å². The lowest BCUT2D eigenvalue weighted by atomic mass is 10.1. The molecule has 8 heteroatoms. The van der Waals surface area contributed by atoms with Crippen LogP contribution in [-0.4, -0.2) is 40.5 Å². The first kappa shape index (κ1) is 24.7. The molecule has 0 bridgehead atoms. The van der Waals surface area contributed by atoms with Crippen LogP contribution < -0.4 is 10.1 Å². The fourth-order valence-corrected chi connectivity index (χ4v) is 3.64. The van der Waals surface area contributed by atoms with Crippen molar-refractivity contribution < 1.29 is 18.8 Å². The number of benzene rings is 2. The quantitative estimate of drug-likeness (QED) is 0.362. The number of aromatic nitrogens is 2. The Morgan fingerprint density at radius 3 is 2.47 bits per heavy atom. The van der Waals surface area contributed by atoms with Crippen LogP contribution in [0.25, 0.3) is 0 Å². The average molecular weight is 485 g/mol. The molecule has 2 heterocycles. The molecular formula is C28H28N4O4. The first-order valence-corrected chi connectivity index (χ1v) is 11.6. The maximum atomic E-state index is 13.2. The summed E-state index contributed by atoms with van der Waals surface area (Å²) in [6.45, 7) is 3.01. The minimum atomic E-state index is -0.339. The molecular weight excluding hydrogens is 456 g/mol. The maximum Gasteiger partial charge on any atom is 0.273 e. The summed E-state index contributed by atoms with van der Waals surface area (Å²) in [7, 11) is 1.62. The zero-order chi connectivity index (χ0) is 25.3. The van der Waals surface area contributed by atoms with Crippen LogP contribution in [0.5, 0.6) is 5.75 Å². The van der Waals surface area contributed by atoms with Gasteiger partial charge in [-0.25, -0.2) is 0 Å². The second-order valence-electron chi connectivity index (χ2n) is 8.41. The van der Waals surface area contributed by atoms with Crippen molar-refractivity contribution in [2.45, 2.75) is 26.4 Å². The molecule has 8 nitrogen and oxygen atoms in total. The third-order valence-electron chi connectivity index (χ3n) is 5.74. The predicted molar refractivity (Wildman–Crippen MR) is 135 cm³/mol. The lowest BCUT2D eigenvalue weighted by molar-refractivity contribution is 0.0728. The Morgan fingerprint density at radius 1 is 1.03 bits per heavy atom. The number of nitrogens with zero attached hydrogens (tertiary/aromatic N) is 3. The SMILES string of the molecule is COc1ccc(CCN(Cc2cc(C(=O)NCc3ccc(C)cc3)no2)C(=O)c2cccnc2)cc1. The molecule has 0 fully saturated rings. The molecule has 0 spiro atoms. The molecule has 0 aliphatic heterocycles. The second kappa shape index (κ2) is 11.8. The predicted octanol–water partition coefficient (Wildman–Crippen LogP) is 4.20. The van der Waals surface area contributed by atoms with Crippen molar-refractivity contribution in [2.75, 3.05) is 13.7 Å². The van der Waals surface area contributed by atoms with Gasteiger partial charge in [0.25, 0.3) is 11.8 Å². The third kappa shape index (κ3) is 6.56. The van der Waals surface area contributed by atoms with Crippen LogP contribution in [-0.2, 0) is 19.5 Å². The second-order valence-corrected chi connectivity index (χ2v) is 8.41. The highest BCUT2D eigenvalue weighted by molar-refractivity contribution is 5.94. The molecule has 0 atom stereocenters. The van der Waals surface area contributed by atoms with Gasteiger partial charge in [-0.05, 0) is 48.7 Å². The highest BCUT2D eigenvalue weighted by atomic mass is 16.5. The van der Waals surface area contributed by atoms with Crippen LogP contribution in [0.3, 0.4) is 0 Å². The summed E-state index contributed by atoms with van der Waals surface area (Å²) < 4.78 is 10.6. The molecule has 0 aliphatic carbocycles. The van der Waals surface area contributed by atoms with Gasteiger partial charge in [0, 0.05) is 31.5 Å². The van der Waals surface area contributed by atoms with E-state index in [4.69, 9.17) is 9.26 Å². The topological polar surface area (TPSA) is 97.6 Å². The standard InChI is InChI=1S/C28H28N4O4/c1-20-5-7-22(8-6-20)17-30-27(33)26-16-25(36-31-26)19-32(28(34)23-4-3-14-29-18-23)15-13-21-9-11-24(35-2)12-10-21/h3-12,14,16,18H,13,15,17,19H2,1-2H3,(H,30,33). The van der Waals surface area contributed by atoms with E-state index in [2.05, 4.69) is 15.5 Å². The van der Waals surface area contributed by atoms with Gasteiger partial charge in [-0.2, -0.15) is 0 Å². The number of methoxy groups -OCH3 is 1. The lowest BCUT2D eigenvalue weighted by Crippen LogP contribution is -2.32. The van der Waals surface area contributed by atoms with Gasteiger partial charge < -0.3 is 19.5 Å². The molecule has 4 rings (SSSR count). The van der Waals surface area contributed by atoms with Crippen molar-refractivity contribution in [3.05, 3.63) is 113 Å². The first-order chi connectivity index (χ1) is 17.5. The Bertz CT molecular complexity index is 1290. The number of ether oxygens (including phenoxy) is 1. The molecule has 0 aliphatic rings. The van der Waals surface area contributed by atoms with E-state index in [1.165, 1.54) is 6.20 Å². The van der Waals surface area contributed by atoms with Crippen LogP contribution in [0.15, 0.2) is 83.6 Å². The van der Waals surface area contributed by atoms with E-state index in [-0.39, 0.29) is 24.1 Å². The molecule has 0 unspecified atom stereocenters. The number of carbonyl (C=O) groups is 2. The van der Waals surface area contributed by atoms with E-state index in [1.807, 2.05) is 55.5 Å². The minimum absolute atomic E-state index is 0.168. The van der Waals surface area contributed by atoms with Crippen molar-refractivity contribution in [3.63, 3.8) is 0 Å². The van der Waals surface area contributed by atoms with Crippen LogP contribution >= 0.6 is 0 Å². The molecule has 0 radical (unpaired) electrons. The summed E-state index contributed by atoms with van der Waals surface area (Å²) in [5.74, 6) is 0.673. The Labute approximate surface area is 209 Å². The molecule has 1 N–H and O–H groups in total. The van der Waals surface area contributed by atoms with Gasteiger partial charge in [0.05, 0.1) is 19.2 Å². The van der Waals surface area contributed by atoms with E-state index >= 15 is 0 Å². The first-order valence-electron chi connectivity index (χ1n) is 11.6. The fraction of sp³-hybridized carbons (Fsp3) is 0.214. The van der Waals surface area contributed by atoms with Gasteiger partial charge in [-0.1, -0.05) is 47.1 Å². The summed E-state index contributed by atoms with van der Waals surface area (Å²) in [5, 5.41) is 6.76. The highest BCUT2D eigenvalue weighted by Crippen LogP contribution is 2.15. The average Bonchev–Trinajstić information content (AvgIpc) is 3.39. The molecule has 184 valence electrons. The van der Waals surface area contributed by atoms with E-state index in [9.17, 15) is 9.59 Å². The number of amides is 2. The number of aryl methyl sites for hydroxylation is 1. The van der Waals surface area contributed by atoms with Gasteiger partial charge in [0.2, 0.25) is 0 Å². The number of rotatable bonds is 10. The summed E-state index contributed by atoms with van der Waals surface area (Å²) in [4.78, 5) is 31.5. The van der Waals surface area contributed by atoms with Gasteiger partial charge >= 0.3 is 0 Å². The lowest BCUT2D eigenvalue weighted by Gasteiger charge is -2.21. The largest absolute Gasteiger partial charge is 0.497 e. The third-order valence-corrected chi connectivity index (χ3v) is 5.74. The van der Waals surface area contributed by atoms with E-state index in [0.29, 0.717) is 30.8 Å². The Balaban J connectivity index is 1.42. The Morgan fingerprint density at radius 2 is 1.78 bits per heavy atom. The van der Waals surface area contributed by atoms with Crippen molar-refractivity contribution in [1.29, 1.82) is 0 Å². The van der Waals surface area contributed by atoms with Crippen molar-refractivity contribution in [2.24, 2.45) is 0 Å². The number of pyridine rings is 1. The zero-order valence-corrected chi connectivity index (χ0v) is 20.3. The van der Waals surface area contributed by atoms with Crippen molar-refractivity contribution in [3.8, 4) is 5.75 Å². The van der Waals surface area contributed by atoms with Crippen LogP contribution in [0.4, 0.5) is 0 Å². The minimum Gasteiger partial charge on any atom is -0.497 e. The van der Waals surface area contributed by atoms with Gasteiger partial charge in [0.1, 0.15) is 5.75 Å². The number of hydrogen-bond acceptors (Lipinski definition) is 6. The summed E-state index contributed by atoms with van der Waals surface area (Å²) in [5.41, 5.74) is 3.85. The highest BCUT2D eigenvalue weighted by Gasteiger charge is 2.20. The molecule has 2 aromatic carbocycles. The zero-order valence-electron chi connectivity index (χ0n) is 20.3. The fourth-order valence-electron chi connectivity index (χ4n) is 3.64. The van der Waals surface area contributed by atoms with Crippen LogP contribution in [0.1, 0.15) is 43.3 Å². The molecule has 0 saturated heterocycles. The summed E-state index contributed by atoms with van der Waals surface area (Å²) >= 11 is 0. The van der Waals surface area contributed by atoms with E-state index in [1.54, 1.807) is 36.4 Å². The Hall–Kier alpha value is -4.46. The Kier molecular flexibility index (Phi) is 8.08. The number of hydrogen-bond donors (Lipinski definition) is 1. The van der Waals surface area contributed by atoms with Crippen molar-refractivity contribution in [1.82, 2.24) is 20.4 Å². The van der Waals surface area contributed by atoms with Gasteiger partial charge in [-0.15, -0.1) is 0 Å². The molecule has 0 saturated carbocycles. The van der Waals surface area contributed by atoms with Gasteiger partial charge in [0.15, 0.2) is 11.5 Å². The molecule has 4 aromatic rings. The maximum absolute atomic E-state index is 13.2. The smallest absolute Gasteiger partial charge is 0.273 e. The van der Waals surface area contributed by atoms with E-state index in [0.717, 1.165) is 22.4 Å². The molecule has 2 aromatic heterocycles. The summed E-state index contributed by atoms with van der Waals surface area (Å²) in [6, 6.07) is 20.7. The molecule has 2 amide bonds. The van der Waals surface area contributed by atoms with Gasteiger partial charge in [-0.3, -0.25) is 14.6 Å². The molecule has 36 heavy (non-hydrogen) atoms. The van der Waals surface area contributed by atoms with Crippen LogP contribution in [0, 0.1) is 6.92 Å². The number of carbonyl (C=O) groups excluding carboxylic acids is 2. The summed E-state index contributed by atoms with van der Waals surface area (Å²) in [6.07, 6.45) is 3.79. The van der Waals surface area contributed by atoms with Crippen molar-refractivity contribution >= 4 is 11.8 Å². The van der Waals surface area contributed by atoms with Crippen LogP contribution in [0.2, 0.25) is 0 Å². The normalized spacial score (nSPS) is 10.6.